The summed E-state index contributed by atoms with van der Waals surface area (Å²) >= 11 is 4.91. The quantitative estimate of drug-likeness (QED) is 0.580. The van der Waals surface area contributed by atoms with Crippen LogP contribution in [0.15, 0.2) is 6.07 Å². The molecule has 1 aromatic rings. The van der Waals surface area contributed by atoms with E-state index in [1.807, 2.05) is 0 Å². The first-order chi connectivity index (χ1) is 6.97. The molecule has 0 saturated carbocycles. The molecule has 80 valence electrons. The second-order valence-electron chi connectivity index (χ2n) is 2.93. The predicted molar refractivity (Wildman–Crippen MR) is 56.2 cm³/mol. The van der Waals surface area contributed by atoms with Gasteiger partial charge >= 0.3 is 5.97 Å². The summed E-state index contributed by atoms with van der Waals surface area (Å²) in [7, 11) is 1.22. The lowest BCUT2D eigenvalue weighted by Crippen LogP contribution is -2.18. The highest BCUT2D eigenvalue weighted by Gasteiger charge is 2.18. The van der Waals surface area contributed by atoms with E-state index in [0.29, 0.717) is 5.69 Å². The molecule has 0 aromatic carbocycles. The van der Waals surface area contributed by atoms with Gasteiger partial charge < -0.3 is 15.5 Å². The van der Waals surface area contributed by atoms with Gasteiger partial charge in [0.1, 0.15) is 4.64 Å². The molecule has 0 atom stereocenters. The molecule has 1 rings (SSSR count). The SMILES string of the molecule is COC(=O)c1cc(C)[nH]c(=S)c1C(N)=O. The zero-order valence-electron chi connectivity index (χ0n) is 8.29. The number of ether oxygens (including phenoxy) is 1. The fraction of sp³-hybridized carbons (Fsp3) is 0.222. The van der Waals surface area contributed by atoms with Crippen LogP contribution in [0.2, 0.25) is 0 Å². The number of carbonyl (C=O) groups is 2. The number of H-pyrrole nitrogens is 1. The van der Waals surface area contributed by atoms with Gasteiger partial charge in [-0.1, -0.05) is 12.2 Å². The van der Waals surface area contributed by atoms with E-state index in [1.54, 1.807) is 6.92 Å². The lowest BCUT2D eigenvalue weighted by Gasteiger charge is -2.06. The summed E-state index contributed by atoms with van der Waals surface area (Å²) < 4.78 is 4.67. The molecule has 0 aliphatic carbocycles. The number of pyridine rings is 1. The van der Waals surface area contributed by atoms with Crippen molar-refractivity contribution in [3.63, 3.8) is 0 Å². The highest BCUT2D eigenvalue weighted by molar-refractivity contribution is 7.71. The molecule has 0 spiro atoms. The number of nitrogens with two attached hydrogens (primary N) is 1. The Hall–Kier alpha value is -1.69. The number of nitrogens with one attached hydrogen (secondary N) is 1. The van der Waals surface area contributed by atoms with Crippen LogP contribution in [0.3, 0.4) is 0 Å². The maximum absolute atomic E-state index is 11.4. The number of rotatable bonds is 2. The van der Waals surface area contributed by atoms with E-state index in [2.05, 4.69) is 9.72 Å². The summed E-state index contributed by atoms with van der Waals surface area (Å²) in [5.74, 6) is -1.39. The van der Waals surface area contributed by atoms with E-state index in [9.17, 15) is 9.59 Å². The maximum atomic E-state index is 11.4. The van der Waals surface area contributed by atoms with Crippen LogP contribution in [0.4, 0.5) is 0 Å². The fourth-order valence-electron chi connectivity index (χ4n) is 1.20. The Morgan fingerprint density at radius 2 is 2.13 bits per heavy atom. The second kappa shape index (κ2) is 4.22. The Morgan fingerprint density at radius 1 is 1.53 bits per heavy atom. The molecule has 3 N–H and O–H groups in total. The molecular formula is C9H10N2O3S. The fourth-order valence-corrected chi connectivity index (χ4v) is 1.58. The molecule has 0 saturated heterocycles. The van der Waals surface area contributed by atoms with E-state index < -0.39 is 11.9 Å². The molecule has 0 aliphatic heterocycles. The number of amides is 1. The highest BCUT2D eigenvalue weighted by Crippen LogP contribution is 2.12. The van der Waals surface area contributed by atoms with Crippen LogP contribution >= 0.6 is 12.2 Å². The summed E-state index contributed by atoms with van der Waals surface area (Å²) in [6, 6.07) is 1.47. The third kappa shape index (κ3) is 2.21. The van der Waals surface area contributed by atoms with Gasteiger partial charge in [-0.3, -0.25) is 4.79 Å². The molecule has 0 fully saturated rings. The number of aryl methyl sites for hydroxylation is 1. The average Bonchev–Trinajstić information content (AvgIpc) is 2.14. The lowest BCUT2D eigenvalue weighted by atomic mass is 10.1. The third-order valence-corrected chi connectivity index (χ3v) is 2.13. The molecule has 0 unspecified atom stereocenters. The van der Waals surface area contributed by atoms with Crippen molar-refractivity contribution in [2.24, 2.45) is 5.73 Å². The monoisotopic (exact) mass is 226 g/mol. The summed E-state index contributed by atoms with van der Waals surface area (Å²) in [5.41, 5.74) is 5.86. The molecule has 1 amide bonds. The Kier molecular flexibility index (Phi) is 3.21. The van der Waals surface area contributed by atoms with Crippen LogP contribution in [0.25, 0.3) is 0 Å². The Morgan fingerprint density at radius 3 is 2.60 bits per heavy atom. The number of aromatic amines is 1. The van der Waals surface area contributed by atoms with Crippen LogP contribution in [-0.2, 0) is 4.74 Å². The van der Waals surface area contributed by atoms with E-state index in [4.69, 9.17) is 18.0 Å². The molecule has 15 heavy (non-hydrogen) atoms. The lowest BCUT2D eigenvalue weighted by molar-refractivity contribution is 0.0596. The highest BCUT2D eigenvalue weighted by atomic mass is 32.1. The number of hydrogen-bond donors (Lipinski definition) is 2. The first-order valence-corrected chi connectivity index (χ1v) is 4.50. The summed E-state index contributed by atoms with van der Waals surface area (Å²) in [5, 5.41) is 0. The van der Waals surface area contributed by atoms with Gasteiger partial charge in [-0.2, -0.15) is 0 Å². The van der Waals surface area contributed by atoms with Gasteiger partial charge in [-0.15, -0.1) is 0 Å². The van der Waals surface area contributed by atoms with Gasteiger partial charge in [-0.25, -0.2) is 4.79 Å². The van der Waals surface area contributed by atoms with E-state index in [1.165, 1.54) is 13.2 Å². The summed E-state index contributed by atoms with van der Waals surface area (Å²) in [6.45, 7) is 1.72. The van der Waals surface area contributed by atoms with Crippen molar-refractivity contribution in [1.82, 2.24) is 4.98 Å². The van der Waals surface area contributed by atoms with Gasteiger partial charge in [0.25, 0.3) is 5.91 Å². The van der Waals surface area contributed by atoms with Gasteiger partial charge in [0.15, 0.2) is 0 Å². The summed E-state index contributed by atoms with van der Waals surface area (Å²) in [4.78, 5) is 25.2. The number of primary amides is 1. The van der Waals surface area contributed by atoms with Gasteiger partial charge in [0.05, 0.1) is 18.2 Å². The topological polar surface area (TPSA) is 85.2 Å². The number of methoxy groups -OCH3 is 1. The molecule has 0 aliphatic rings. The minimum atomic E-state index is -0.753. The third-order valence-electron chi connectivity index (χ3n) is 1.82. The standard InChI is InChI=1S/C9H10N2O3S/c1-4-3-5(9(13)14-2)6(7(10)12)8(15)11-4/h3H,1-2H3,(H2,10,12)(H,11,15). The Labute approximate surface area is 91.2 Å². The first kappa shape index (κ1) is 11.4. The predicted octanol–water partition coefficient (Wildman–Crippen LogP) is 0.938. The van der Waals surface area contributed by atoms with Crippen LogP contribution in [0.5, 0.6) is 0 Å². The number of aromatic nitrogens is 1. The Bertz CT molecular complexity index is 479. The van der Waals surface area contributed by atoms with Crippen LogP contribution in [0, 0.1) is 11.6 Å². The van der Waals surface area contributed by atoms with Crippen LogP contribution in [0.1, 0.15) is 26.4 Å². The summed E-state index contributed by atoms with van der Waals surface area (Å²) in [6.07, 6.45) is 0. The van der Waals surface area contributed by atoms with Gasteiger partial charge in [0.2, 0.25) is 0 Å². The van der Waals surface area contributed by atoms with Crippen molar-refractivity contribution in [3.05, 3.63) is 27.5 Å². The minimum absolute atomic E-state index is 0.0116. The van der Waals surface area contributed by atoms with Crippen molar-refractivity contribution in [2.75, 3.05) is 7.11 Å². The van der Waals surface area contributed by atoms with Crippen molar-refractivity contribution in [3.8, 4) is 0 Å². The molecule has 1 aromatic heterocycles. The maximum Gasteiger partial charge on any atom is 0.338 e. The largest absolute Gasteiger partial charge is 0.465 e. The minimum Gasteiger partial charge on any atom is -0.465 e. The number of carbonyl (C=O) groups excluding carboxylic acids is 2. The molecule has 1 heterocycles. The smallest absolute Gasteiger partial charge is 0.338 e. The zero-order chi connectivity index (χ0) is 11.6. The number of esters is 1. The normalized spacial score (nSPS) is 9.73. The van der Waals surface area contributed by atoms with Gasteiger partial charge in [-0.05, 0) is 13.0 Å². The molecule has 5 nitrogen and oxygen atoms in total. The molecule has 0 radical (unpaired) electrons. The van der Waals surface area contributed by atoms with Crippen molar-refractivity contribution < 1.29 is 14.3 Å². The van der Waals surface area contributed by atoms with E-state index in [-0.39, 0.29) is 15.8 Å². The first-order valence-electron chi connectivity index (χ1n) is 4.09. The number of hydrogen-bond acceptors (Lipinski definition) is 4. The Balaban J connectivity index is 3.54. The molecular weight excluding hydrogens is 216 g/mol. The second-order valence-corrected chi connectivity index (χ2v) is 3.33. The van der Waals surface area contributed by atoms with Crippen molar-refractivity contribution in [2.45, 2.75) is 6.92 Å². The van der Waals surface area contributed by atoms with Crippen LogP contribution < -0.4 is 5.73 Å². The zero-order valence-corrected chi connectivity index (χ0v) is 9.10. The molecule has 6 heteroatoms. The van der Waals surface area contributed by atoms with E-state index >= 15 is 0 Å². The van der Waals surface area contributed by atoms with E-state index in [0.717, 1.165) is 0 Å². The van der Waals surface area contributed by atoms with Crippen molar-refractivity contribution >= 4 is 24.1 Å². The van der Waals surface area contributed by atoms with Gasteiger partial charge in [0, 0.05) is 5.69 Å². The molecule has 0 bridgehead atoms. The average molecular weight is 226 g/mol. The van der Waals surface area contributed by atoms with Crippen molar-refractivity contribution in [1.29, 1.82) is 0 Å². The van der Waals surface area contributed by atoms with Crippen LogP contribution in [-0.4, -0.2) is 24.0 Å².